The van der Waals surface area contributed by atoms with Crippen LogP contribution in [0.15, 0.2) is 18.7 Å². The van der Waals surface area contributed by atoms with E-state index in [0.29, 0.717) is 0 Å². The molecule has 54 valence electrons. The summed E-state index contributed by atoms with van der Waals surface area (Å²) in [6.45, 7) is -0.627. The first-order valence-corrected chi connectivity index (χ1v) is 2.63. The highest BCUT2D eigenvalue weighted by Crippen LogP contribution is 1.79. The van der Waals surface area contributed by atoms with Crippen LogP contribution in [-0.4, -0.2) is 27.4 Å². The van der Waals surface area contributed by atoms with Gasteiger partial charge in [0.15, 0.2) is 0 Å². The molecule has 5 heteroatoms. The summed E-state index contributed by atoms with van der Waals surface area (Å²) in [6.07, 6.45) is 4.23. The van der Waals surface area contributed by atoms with E-state index in [-0.39, 0.29) is 0 Å². The Labute approximate surface area is 56.8 Å². The number of hydrogen-bond acceptors (Lipinski definition) is 4. The summed E-state index contributed by atoms with van der Waals surface area (Å²) in [5.74, 6) is -0.710. The molecule has 0 aliphatic carbocycles. The first-order chi connectivity index (χ1) is 4.83. The molecule has 0 aliphatic heterocycles. The third-order valence-corrected chi connectivity index (χ3v) is 0.816. The van der Waals surface area contributed by atoms with Crippen molar-refractivity contribution in [1.82, 2.24) is 9.71 Å². The van der Waals surface area contributed by atoms with Crippen LogP contribution in [0.3, 0.4) is 0 Å². The van der Waals surface area contributed by atoms with Crippen LogP contribution in [-0.2, 0) is 4.79 Å². The van der Waals surface area contributed by atoms with Gasteiger partial charge >= 0.3 is 5.97 Å². The predicted molar refractivity (Wildman–Crippen MR) is 30.9 cm³/mol. The smallest absolute Gasteiger partial charge is 0.358 e. The van der Waals surface area contributed by atoms with Gasteiger partial charge < -0.3 is 9.94 Å². The number of nitrogens with zero attached hydrogens (tertiary/aromatic N) is 2. The van der Waals surface area contributed by atoms with Crippen LogP contribution in [0.1, 0.15) is 0 Å². The van der Waals surface area contributed by atoms with Crippen LogP contribution in [0, 0.1) is 0 Å². The van der Waals surface area contributed by atoms with Crippen molar-refractivity contribution in [1.29, 1.82) is 0 Å². The first kappa shape index (κ1) is 6.76. The molecule has 0 saturated carbocycles. The van der Waals surface area contributed by atoms with Crippen LogP contribution in [0.4, 0.5) is 0 Å². The molecule has 0 unspecified atom stereocenters. The quantitative estimate of drug-likeness (QED) is 0.565. The van der Waals surface area contributed by atoms with Crippen LogP contribution in [0.2, 0.25) is 0 Å². The van der Waals surface area contributed by atoms with Crippen LogP contribution in [0.25, 0.3) is 0 Å². The van der Waals surface area contributed by atoms with Crippen LogP contribution < -0.4 is 4.84 Å². The van der Waals surface area contributed by atoms with Gasteiger partial charge in [0, 0.05) is 6.20 Å². The second-order valence-electron chi connectivity index (χ2n) is 1.54. The van der Waals surface area contributed by atoms with Crippen molar-refractivity contribution in [3.05, 3.63) is 18.7 Å². The van der Waals surface area contributed by atoms with Gasteiger partial charge in [-0.25, -0.2) is 9.78 Å². The lowest BCUT2D eigenvalue weighted by atomic mass is 10.8. The number of hydrogen-bond donors (Lipinski definition) is 1. The third kappa shape index (κ3) is 1.56. The number of carbonyl (C=O) groups is 1. The molecule has 1 heterocycles. The maximum Gasteiger partial charge on any atom is 0.358 e. The molecule has 1 aromatic rings. The molecule has 1 N–H and O–H groups in total. The fourth-order valence-electron chi connectivity index (χ4n) is 0.447. The molecule has 1 rings (SSSR count). The Hall–Kier alpha value is -1.36. The highest BCUT2D eigenvalue weighted by Gasteiger charge is 1.98. The van der Waals surface area contributed by atoms with E-state index in [0.717, 1.165) is 4.73 Å². The van der Waals surface area contributed by atoms with E-state index in [4.69, 9.17) is 5.11 Å². The molecule has 0 aliphatic rings. The van der Waals surface area contributed by atoms with Gasteiger partial charge in [0.25, 0.3) is 0 Å². The van der Waals surface area contributed by atoms with Gasteiger partial charge in [-0.1, -0.05) is 0 Å². The van der Waals surface area contributed by atoms with Crippen molar-refractivity contribution in [3.63, 3.8) is 0 Å². The van der Waals surface area contributed by atoms with Crippen molar-refractivity contribution in [3.8, 4) is 0 Å². The van der Waals surface area contributed by atoms with Gasteiger partial charge in [-0.05, 0) is 0 Å². The number of aromatic nitrogens is 2. The predicted octanol–water partition coefficient (Wildman–Crippen LogP) is -1.17. The Morgan fingerprint density at radius 2 is 2.60 bits per heavy atom. The molecule has 1 aromatic heterocycles. The van der Waals surface area contributed by atoms with Gasteiger partial charge in [-0.2, -0.15) is 4.73 Å². The molecule has 0 fully saturated rings. The SMILES string of the molecule is O=C(CO)On1ccnc1. The number of carbonyl (C=O) groups excluding carboxylic acids is 1. The number of rotatable bonds is 2. The van der Waals surface area contributed by atoms with Crippen LogP contribution >= 0.6 is 0 Å². The Balaban J connectivity index is 2.48. The normalized spacial score (nSPS) is 9.30. The van der Waals surface area contributed by atoms with E-state index in [1.807, 2.05) is 0 Å². The Bertz CT molecular complexity index is 207. The average molecular weight is 142 g/mol. The van der Waals surface area contributed by atoms with Crippen molar-refractivity contribution < 1.29 is 14.7 Å². The van der Waals surface area contributed by atoms with Crippen molar-refractivity contribution in [2.75, 3.05) is 6.61 Å². The summed E-state index contributed by atoms with van der Waals surface area (Å²) in [5, 5.41) is 8.23. The van der Waals surface area contributed by atoms with E-state index in [9.17, 15) is 4.79 Å². The monoisotopic (exact) mass is 142 g/mol. The first-order valence-electron chi connectivity index (χ1n) is 2.63. The minimum absolute atomic E-state index is 0.627. The van der Waals surface area contributed by atoms with E-state index in [1.54, 1.807) is 0 Å². The minimum atomic E-state index is -0.710. The standard InChI is InChI=1S/C5H6N2O3/c8-3-5(9)10-7-2-1-6-4-7/h1-2,4,8H,3H2. The molecule has 0 bridgehead atoms. The lowest BCUT2D eigenvalue weighted by Gasteiger charge is -1.98. The van der Waals surface area contributed by atoms with E-state index in [2.05, 4.69) is 9.82 Å². The summed E-state index contributed by atoms with van der Waals surface area (Å²) in [4.78, 5) is 18.4. The summed E-state index contributed by atoms with van der Waals surface area (Å²) >= 11 is 0. The zero-order valence-electron chi connectivity index (χ0n) is 5.10. The third-order valence-electron chi connectivity index (χ3n) is 0.816. The van der Waals surface area contributed by atoms with Gasteiger partial charge in [0.1, 0.15) is 12.9 Å². The van der Waals surface area contributed by atoms with Gasteiger partial charge in [-0.15, -0.1) is 0 Å². The maximum absolute atomic E-state index is 10.4. The molecule has 10 heavy (non-hydrogen) atoms. The topological polar surface area (TPSA) is 64.3 Å². The summed E-state index contributed by atoms with van der Waals surface area (Å²) in [6, 6.07) is 0. The lowest BCUT2D eigenvalue weighted by molar-refractivity contribution is -0.147. The zero-order chi connectivity index (χ0) is 7.40. The summed E-state index contributed by atoms with van der Waals surface area (Å²) < 4.78 is 1.11. The number of aliphatic hydroxyl groups is 1. The largest absolute Gasteiger partial charge is 0.385 e. The number of imidazole rings is 1. The van der Waals surface area contributed by atoms with E-state index >= 15 is 0 Å². The molecule has 5 nitrogen and oxygen atoms in total. The van der Waals surface area contributed by atoms with Crippen LogP contribution in [0.5, 0.6) is 0 Å². The van der Waals surface area contributed by atoms with Crippen molar-refractivity contribution in [2.45, 2.75) is 0 Å². The fraction of sp³-hybridized carbons (Fsp3) is 0.200. The fourth-order valence-corrected chi connectivity index (χ4v) is 0.447. The van der Waals surface area contributed by atoms with E-state index in [1.165, 1.54) is 18.7 Å². The van der Waals surface area contributed by atoms with Gasteiger partial charge in [0.2, 0.25) is 0 Å². The maximum atomic E-state index is 10.4. The molecule has 0 radical (unpaired) electrons. The molecule has 0 atom stereocenters. The summed E-state index contributed by atoms with van der Waals surface area (Å²) in [7, 11) is 0. The zero-order valence-corrected chi connectivity index (χ0v) is 5.10. The highest BCUT2D eigenvalue weighted by molar-refractivity contribution is 5.70. The molecule has 0 spiro atoms. The Morgan fingerprint density at radius 1 is 1.80 bits per heavy atom. The lowest BCUT2D eigenvalue weighted by Crippen LogP contribution is -2.21. The minimum Gasteiger partial charge on any atom is -0.385 e. The van der Waals surface area contributed by atoms with E-state index < -0.39 is 12.6 Å². The summed E-state index contributed by atoms with van der Waals surface area (Å²) in [5.41, 5.74) is 0. The number of aliphatic hydroxyl groups excluding tert-OH is 1. The molecule has 0 aromatic carbocycles. The molecule has 0 saturated heterocycles. The van der Waals surface area contributed by atoms with Gasteiger partial charge in [-0.3, -0.25) is 0 Å². The highest BCUT2D eigenvalue weighted by atomic mass is 16.7. The molecular formula is C5H6N2O3. The average Bonchev–Trinajstić information content (AvgIpc) is 2.40. The second kappa shape index (κ2) is 2.98. The van der Waals surface area contributed by atoms with Crippen molar-refractivity contribution >= 4 is 5.97 Å². The Kier molecular flexibility index (Phi) is 2.01. The molecular weight excluding hydrogens is 136 g/mol. The second-order valence-corrected chi connectivity index (χ2v) is 1.54. The Morgan fingerprint density at radius 3 is 3.10 bits per heavy atom. The van der Waals surface area contributed by atoms with Gasteiger partial charge in [0.05, 0.1) is 6.20 Å². The van der Waals surface area contributed by atoms with Crippen molar-refractivity contribution in [2.24, 2.45) is 0 Å². The molecule has 0 amide bonds.